The van der Waals surface area contributed by atoms with E-state index in [4.69, 9.17) is 5.73 Å². The molecule has 0 spiro atoms. The number of nitrogens with one attached hydrogen (secondary N) is 2. The van der Waals surface area contributed by atoms with Crippen molar-refractivity contribution < 1.29 is 0 Å². The Morgan fingerprint density at radius 1 is 1.28 bits per heavy atom. The molecule has 18 heavy (non-hydrogen) atoms. The summed E-state index contributed by atoms with van der Waals surface area (Å²) < 4.78 is 0.821. The maximum absolute atomic E-state index is 5.68. The van der Waals surface area contributed by atoms with Gasteiger partial charge in [-0.2, -0.15) is 4.98 Å². The van der Waals surface area contributed by atoms with Gasteiger partial charge in [0.15, 0.2) is 0 Å². The van der Waals surface area contributed by atoms with Gasteiger partial charge in [0.1, 0.15) is 9.52 Å². The minimum absolute atomic E-state index is 0.468. The van der Waals surface area contributed by atoms with E-state index in [1.165, 1.54) is 5.56 Å². The van der Waals surface area contributed by atoms with Crippen LogP contribution in [0, 0.1) is 3.70 Å². The smallest absolute Gasteiger partial charge is 0.230 e. The molecule has 1 aromatic carbocycles. The number of aromatic nitrogens is 2. The fraction of sp³-hybridized carbons (Fsp3) is 0.167. The molecule has 2 aromatic rings. The van der Waals surface area contributed by atoms with E-state index < -0.39 is 0 Å². The second-order valence-corrected chi connectivity index (χ2v) is 5.25. The van der Waals surface area contributed by atoms with Crippen LogP contribution >= 0.6 is 22.6 Å². The van der Waals surface area contributed by atoms with E-state index in [1.54, 1.807) is 6.07 Å². The summed E-state index contributed by atoms with van der Waals surface area (Å²) in [4.78, 5) is 8.41. The second-order valence-electron chi connectivity index (χ2n) is 4.15. The summed E-state index contributed by atoms with van der Waals surface area (Å²) in [5.74, 6) is 0.993. The van der Waals surface area contributed by atoms with Crippen LogP contribution in [0.3, 0.4) is 0 Å². The van der Waals surface area contributed by atoms with Gasteiger partial charge < -0.3 is 16.4 Å². The Hall–Kier alpha value is -1.41. The van der Waals surface area contributed by atoms with E-state index in [0.29, 0.717) is 17.8 Å². The molecule has 1 unspecified atom stereocenters. The van der Waals surface area contributed by atoms with Gasteiger partial charge in [-0.05, 0) is 40.3 Å². The Morgan fingerprint density at radius 3 is 2.61 bits per heavy atom. The monoisotopic (exact) mass is 353 g/mol. The number of nitrogens with zero attached hydrogens (tertiary/aromatic N) is 2. The molecule has 0 aliphatic carbocycles. The molecule has 1 aliphatic heterocycles. The highest BCUT2D eigenvalue weighted by molar-refractivity contribution is 14.1. The molecule has 0 amide bonds. The molecule has 1 saturated heterocycles. The number of hydrogen-bond donors (Lipinski definition) is 3. The van der Waals surface area contributed by atoms with E-state index in [-0.39, 0.29) is 0 Å². The van der Waals surface area contributed by atoms with Crippen molar-refractivity contribution in [3.8, 4) is 0 Å². The number of hydrogen-bond acceptors (Lipinski definition) is 5. The lowest BCUT2D eigenvalue weighted by molar-refractivity contribution is 1.08. The van der Waals surface area contributed by atoms with Crippen molar-refractivity contribution >= 4 is 40.0 Å². The molecule has 1 atom stereocenters. The Morgan fingerprint density at radius 2 is 2.00 bits per heavy atom. The zero-order valence-electron chi connectivity index (χ0n) is 9.52. The quantitative estimate of drug-likeness (QED) is 0.447. The predicted octanol–water partition coefficient (Wildman–Crippen LogP) is 2.05. The van der Waals surface area contributed by atoms with Crippen LogP contribution in [0.5, 0.6) is 0 Å². The third-order valence-corrected chi connectivity index (χ3v) is 3.24. The number of halogens is 1. The van der Waals surface area contributed by atoms with E-state index >= 15 is 0 Å². The minimum Gasteiger partial charge on any atom is -0.384 e. The lowest BCUT2D eigenvalue weighted by Crippen LogP contribution is -2.01. The van der Waals surface area contributed by atoms with Gasteiger partial charge in [0.25, 0.3) is 0 Å². The van der Waals surface area contributed by atoms with Crippen molar-refractivity contribution in [2.45, 2.75) is 6.04 Å². The van der Waals surface area contributed by atoms with Gasteiger partial charge in [0.2, 0.25) is 5.95 Å². The zero-order valence-corrected chi connectivity index (χ0v) is 11.7. The van der Waals surface area contributed by atoms with Gasteiger partial charge in [0.05, 0.1) is 0 Å². The molecule has 4 N–H and O–H groups in total. The molecule has 3 rings (SSSR count). The van der Waals surface area contributed by atoms with Crippen molar-refractivity contribution in [2.24, 2.45) is 0 Å². The normalized spacial score (nSPS) is 17.5. The summed E-state index contributed by atoms with van der Waals surface area (Å²) >= 11 is 2.12. The van der Waals surface area contributed by atoms with Gasteiger partial charge in [-0.3, -0.25) is 0 Å². The Balaban J connectivity index is 1.78. The van der Waals surface area contributed by atoms with Crippen LogP contribution in [-0.2, 0) is 0 Å². The zero-order chi connectivity index (χ0) is 12.5. The number of rotatable bonds is 3. The molecular weight excluding hydrogens is 341 g/mol. The van der Waals surface area contributed by atoms with E-state index in [2.05, 4.69) is 55.3 Å². The maximum Gasteiger partial charge on any atom is 0.230 e. The summed E-state index contributed by atoms with van der Waals surface area (Å²) in [5, 5.41) is 6.42. The average molecular weight is 353 g/mol. The highest BCUT2D eigenvalue weighted by Crippen LogP contribution is 2.23. The van der Waals surface area contributed by atoms with E-state index in [1.807, 2.05) is 12.1 Å². The Labute approximate surface area is 118 Å². The number of anilines is 3. The summed E-state index contributed by atoms with van der Waals surface area (Å²) in [6.07, 6.45) is 0. The summed E-state index contributed by atoms with van der Waals surface area (Å²) in [6.45, 7) is 1.07. The highest BCUT2D eigenvalue weighted by Gasteiger charge is 2.21. The second kappa shape index (κ2) is 4.69. The minimum atomic E-state index is 0.468. The molecule has 1 aliphatic rings. The molecule has 5 nitrogen and oxygen atoms in total. The molecular formula is C12H12IN5. The fourth-order valence-electron chi connectivity index (χ4n) is 1.71. The maximum atomic E-state index is 5.68. The van der Waals surface area contributed by atoms with Crippen molar-refractivity contribution in [2.75, 3.05) is 17.6 Å². The summed E-state index contributed by atoms with van der Waals surface area (Å²) in [6, 6.07) is 10.5. The first kappa shape index (κ1) is 11.7. The molecule has 1 aromatic heterocycles. The van der Waals surface area contributed by atoms with Crippen LogP contribution in [-0.4, -0.2) is 16.5 Å². The third kappa shape index (κ3) is 2.70. The first-order chi connectivity index (χ1) is 8.70. The van der Waals surface area contributed by atoms with Crippen LogP contribution in [0.15, 0.2) is 30.3 Å². The first-order valence-electron chi connectivity index (χ1n) is 5.61. The number of benzene rings is 1. The van der Waals surface area contributed by atoms with Crippen LogP contribution in [0.2, 0.25) is 0 Å². The lowest BCUT2D eigenvalue weighted by atomic mass is 10.1. The molecule has 6 heteroatoms. The summed E-state index contributed by atoms with van der Waals surface area (Å²) in [7, 11) is 0. The molecule has 2 heterocycles. The van der Waals surface area contributed by atoms with Crippen LogP contribution < -0.4 is 16.4 Å². The van der Waals surface area contributed by atoms with Crippen LogP contribution in [0.4, 0.5) is 17.5 Å². The van der Waals surface area contributed by atoms with Gasteiger partial charge in [-0.1, -0.05) is 12.1 Å². The van der Waals surface area contributed by atoms with E-state index in [0.717, 1.165) is 15.9 Å². The van der Waals surface area contributed by atoms with Crippen molar-refractivity contribution in [3.63, 3.8) is 0 Å². The first-order valence-corrected chi connectivity index (χ1v) is 6.69. The van der Waals surface area contributed by atoms with Crippen molar-refractivity contribution in [1.29, 1.82) is 0 Å². The van der Waals surface area contributed by atoms with Gasteiger partial charge in [-0.15, -0.1) is 0 Å². The molecule has 0 saturated carbocycles. The molecule has 0 radical (unpaired) electrons. The topological polar surface area (TPSA) is 85.8 Å². The van der Waals surface area contributed by atoms with Crippen LogP contribution in [0.1, 0.15) is 11.6 Å². The number of nitrogen functional groups attached to an aromatic ring is 1. The van der Waals surface area contributed by atoms with Gasteiger partial charge in [-0.25, -0.2) is 4.98 Å². The highest BCUT2D eigenvalue weighted by atomic mass is 127. The average Bonchev–Trinajstić information content (AvgIpc) is 3.12. The standard InChI is InChI=1S/C12H12IN5/c13-10-5-11(14)18-12(17-10)16-8-3-1-7(2-4-8)9-6-15-9/h1-5,9,15H,6H2,(H3,14,16,17,18). The predicted molar refractivity (Wildman–Crippen MR) is 79.6 cm³/mol. The van der Waals surface area contributed by atoms with E-state index in [9.17, 15) is 0 Å². The third-order valence-electron chi connectivity index (χ3n) is 2.69. The Bertz CT molecular complexity index is 545. The SMILES string of the molecule is Nc1cc(I)nc(Nc2ccc(C3CN3)cc2)n1. The van der Waals surface area contributed by atoms with Gasteiger partial charge in [0, 0.05) is 24.3 Å². The number of nitrogens with two attached hydrogens (primary N) is 1. The molecule has 1 fully saturated rings. The van der Waals surface area contributed by atoms with Crippen molar-refractivity contribution in [1.82, 2.24) is 15.3 Å². The fourth-order valence-corrected chi connectivity index (χ4v) is 2.26. The largest absolute Gasteiger partial charge is 0.384 e. The molecule has 92 valence electrons. The lowest BCUT2D eigenvalue weighted by Gasteiger charge is -2.06. The molecule has 0 bridgehead atoms. The Kier molecular flexibility index (Phi) is 3.04. The summed E-state index contributed by atoms with van der Waals surface area (Å²) in [5.41, 5.74) is 7.95. The van der Waals surface area contributed by atoms with Crippen LogP contribution in [0.25, 0.3) is 0 Å². The van der Waals surface area contributed by atoms with Crippen molar-refractivity contribution in [3.05, 3.63) is 39.6 Å². The van der Waals surface area contributed by atoms with Gasteiger partial charge >= 0.3 is 0 Å².